The quantitative estimate of drug-likeness (QED) is 0.648. The first-order chi connectivity index (χ1) is 14.0. The second-order valence-electron chi connectivity index (χ2n) is 6.93. The van der Waals surface area contributed by atoms with Crippen molar-refractivity contribution in [2.45, 2.75) is 33.7 Å². The third-order valence-corrected chi connectivity index (χ3v) is 4.87. The Kier molecular flexibility index (Phi) is 6.44. The maximum Gasteiger partial charge on any atom is 0.255 e. The van der Waals surface area contributed by atoms with Crippen LogP contribution in [0.3, 0.4) is 0 Å². The molecule has 0 atom stereocenters. The van der Waals surface area contributed by atoms with Crippen molar-refractivity contribution in [2.75, 3.05) is 11.9 Å². The van der Waals surface area contributed by atoms with E-state index in [2.05, 4.69) is 15.7 Å². The van der Waals surface area contributed by atoms with Crippen LogP contribution in [0.1, 0.15) is 39.8 Å². The highest BCUT2D eigenvalue weighted by Crippen LogP contribution is 2.16. The van der Waals surface area contributed by atoms with Gasteiger partial charge in [-0.2, -0.15) is 5.10 Å². The van der Waals surface area contributed by atoms with E-state index in [1.165, 1.54) is 0 Å². The largest absolute Gasteiger partial charge is 0.343 e. The second kappa shape index (κ2) is 9.19. The lowest BCUT2D eigenvalue weighted by Gasteiger charge is -2.10. The lowest BCUT2D eigenvalue weighted by Crippen LogP contribution is -2.33. The van der Waals surface area contributed by atoms with Crippen LogP contribution in [-0.4, -0.2) is 28.1 Å². The van der Waals surface area contributed by atoms with Crippen molar-refractivity contribution in [1.82, 2.24) is 15.1 Å². The number of amides is 2. The van der Waals surface area contributed by atoms with Crippen LogP contribution < -0.4 is 10.6 Å². The van der Waals surface area contributed by atoms with Crippen LogP contribution in [0.15, 0.2) is 54.6 Å². The molecule has 29 heavy (non-hydrogen) atoms. The van der Waals surface area contributed by atoms with Gasteiger partial charge in [-0.3, -0.25) is 14.3 Å². The molecule has 0 aliphatic heterocycles. The molecule has 3 aromatic rings. The maximum absolute atomic E-state index is 12.7. The average molecular weight is 390 g/mol. The number of anilines is 1. The summed E-state index contributed by atoms with van der Waals surface area (Å²) in [5, 5.41) is 10.1. The molecule has 0 unspecified atom stereocenters. The maximum atomic E-state index is 12.7. The Bertz CT molecular complexity index is 1010. The van der Waals surface area contributed by atoms with Gasteiger partial charge in [0.25, 0.3) is 5.91 Å². The molecule has 2 N–H and O–H groups in total. The summed E-state index contributed by atoms with van der Waals surface area (Å²) in [6, 6.07) is 17.6. The first-order valence-corrected chi connectivity index (χ1v) is 9.73. The van der Waals surface area contributed by atoms with Crippen molar-refractivity contribution in [3.05, 3.63) is 82.7 Å². The molecule has 0 aliphatic carbocycles. The number of benzene rings is 2. The molecular formula is C23H26N4O2. The minimum atomic E-state index is -0.293. The highest BCUT2D eigenvalue weighted by Gasteiger charge is 2.19. The summed E-state index contributed by atoms with van der Waals surface area (Å²) in [5.41, 5.74) is 4.88. The minimum Gasteiger partial charge on any atom is -0.343 e. The Labute approximate surface area is 170 Å². The Morgan fingerprint density at radius 2 is 1.69 bits per heavy atom. The summed E-state index contributed by atoms with van der Waals surface area (Å²) in [6.45, 7) is 6.20. The van der Waals surface area contributed by atoms with E-state index < -0.39 is 0 Å². The lowest BCUT2D eigenvalue weighted by molar-refractivity contribution is -0.115. The lowest BCUT2D eigenvalue weighted by atomic mass is 10.1. The van der Waals surface area contributed by atoms with Crippen molar-refractivity contribution >= 4 is 17.5 Å². The summed E-state index contributed by atoms with van der Waals surface area (Å²) in [6.07, 6.45) is 0.821. The van der Waals surface area contributed by atoms with Crippen molar-refractivity contribution < 1.29 is 9.59 Å². The van der Waals surface area contributed by atoms with Crippen molar-refractivity contribution in [3.8, 4) is 0 Å². The van der Waals surface area contributed by atoms with Crippen LogP contribution >= 0.6 is 0 Å². The average Bonchev–Trinajstić information content (AvgIpc) is 3.00. The van der Waals surface area contributed by atoms with E-state index in [0.717, 1.165) is 28.9 Å². The van der Waals surface area contributed by atoms with Gasteiger partial charge < -0.3 is 10.6 Å². The smallest absolute Gasteiger partial charge is 0.255 e. The van der Waals surface area contributed by atoms with Crippen molar-refractivity contribution in [3.63, 3.8) is 0 Å². The van der Waals surface area contributed by atoms with E-state index in [1.54, 1.807) is 6.92 Å². The zero-order chi connectivity index (χ0) is 20.8. The van der Waals surface area contributed by atoms with Crippen LogP contribution in [0.4, 0.5) is 5.69 Å². The van der Waals surface area contributed by atoms with E-state index in [1.807, 2.05) is 73.1 Å². The van der Waals surface area contributed by atoms with Gasteiger partial charge in [-0.1, -0.05) is 55.5 Å². The predicted molar refractivity (Wildman–Crippen MR) is 114 cm³/mol. The van der Waals surface area contributed by atoms with Crippen LogP contribution in [0, 0.1) is 13.8 Å². The van der Waals surface area contributed by atoms with Gasteiger partial charge in [0.05, 0.1) is 24.3 Å². The summed E-state index contributed by atoms with van der Waals surface area (Å²) < 4.78 is 1.82. The molecule has 0 aliphatic rings. The first-order valence-electron chi connectivity index (χ1n) is 9.73. The standard InChI is InChI=1S/C23H26N4O2/c1-4-19-12-8-9-13-20(19)25-21(28)14-24-23(29)22-16(2)26-27(17(22)3)15-18-10-6-5-7-11-18/h5-13H,4,14-15H2,1-3H3,(H,24,29)(H,25,28). The van der Waals surface area contributed by atoms with Gasteiger partial charge in [-0.15, -0.1) is 0 Å². The van der Waals surface area contributed by atoms with Gasteiger partial charge in [-0.05, 0) is 37.5 Å². The summed E-state index contributed by atoms with van der Waals surface area (Å²) in [4.78, 5) is 25.0. The second-order valence-corrected chi connectivity index (χ2v) is 6.93. The van der Waals surface area contributed by atoms with Gasteiger partial charge in [0.1, 0.15) is 0 Å². The number of carbonyl (C=O) groups excluding carboxylic acids is 2. The monoisotopic (exact) mass is 390 g/mol. The molecule has 2 aromatic carbocycles. The summed E-state index contributed by atoms with van der Waals surface area (Å²) >= 11 is 0. The fourth-order valence-electron chi connectivity index (χ4n) is 3.33. The van der Waals surface area contributed by atoms with Crippen molar-refractivity contribution in [2.24, 2.45) is 0 Å². The van der Waals surface area contributed by atoms with Crippen molar-refractivity contribution in [1.29, 1.82) is 0 Å². The Morgan fingerprint density at radius 3 is 2.41 bits per heavy atom. The number of nitrogens with one attached hydrogen (secondary N) is 2. The van der Waals surface area contributed by atoms with Crippen LogP contribution in [0.5, 0.6) is 0 Å². The molecule has 0 fully saturated rings. The molecule has 2 amide bonds. The number of para-hydroxylation sites is 1. The number of hydrogen-bond donors (Lipinski definition) is 2. The Hall–Kier alpha value is -3.41. The molecule has 6 nitrogen and oxygen atoms in total. The normalized spacial score (nSPS) is 10.6. The molecule has 0 saturated carbocycles. The highest BCUT2D eigenvalue weighted by molar-refractivity contribution is 6.00. The van der Waals surface area contributed by atoms with E-state index in [-0.39, 0.29) is 18.4 Å². The molecule has 0 radical (unpaired) electrons. The number of aromatic nitrogens is 2. The molecule has 1 heterocycles. The predicted octanol–water partition coefficient (Wildman–Crippen LogP) is 3.48. The van der Waals surface area contributed by atoms with Gasteiger partial charge in [-0.25, -0.2) is 0 Å². The SMILES string of the molecule is CCc1ccccc1NC(=O)CNC(=O)c1c(C)nn(Cc2ccccc2)c1C. The van der Waals surface area contributed by atoms with Gasteiger partial charge in [0, 0.05) is 11.4 Å². The molecular weight excluding hydrogens is 364 g/mol. The van der Waals surface area contributed by atoms with E-state index in [9.17, 15) is 9.59 Å². The zero-order valence-corrected chi connectivity index (χ0v) is 17.0. The molecule has 0 spiro atoms. The first kappa shape index (κ1) is 20.3. The fourth-order valence-corrected chi connectivity index (χ4v) is 3.33. The van der Waals surface area contributed by atoms with Crippen LogP contribution in [0.2, 0.25) is 0 Å². The van der Waals surface area contributed by atoms with Crippen LogP contribution in [-0.2, 0) is 17.8 Å². The van der Waals surface area contributed by atoms with E-state index in [4.69, 9.17) is 0 Å². The minimum absolute atomic E-state index is 0.0976. The number of nitrogens with zero attached hydrogens (tertiary/aromatic N) is 2. The fraction of sp³-hybridized carbons (Fsp3) is 0.261. The molecule has 1 aromatic heterocycles. The molecule has 3 rings (SSSR count). The molecule has 0 bridgehead atoms. The van der Waals surface area contributed by atoms with Gasteiger partial charge >= 0.3 is 0 Å². The highest BCUT2D eigenvalue weighted by atomic mass is 16.2. The topological polar surface area (TPSA) is 76.0 Å². The number of aryl methyl sites for hydroxylation is 2. The zero-order valence-electron chi connectivity index (χ0n) is 17.0. The summed E-state index contributed by atoms with van der Waals surface area (Å²) in [5.74, 6) is -0.551. The third-order valence-electron chi connectivity index (χ3n) is 4.87. The third kappa shape index (κ3) is 4.90. The Morgan fingerprint density at radius 1 is 1.00 bits per heavy atom. The molecule has 150 valence electrons. The number of carbonyl (C=O) groups is 2. The Balaban J connectivity index is 1.64. The van der Waals surface area contributed by atoms with E-state index in [0.29, 0.717) is 17.8 Å². The van der Waals surface area contributed by atoms with E-state index >= 15 is 0 Å². The number of hydrogen-bond acceptors (Lipinski definition) is 3. The molecule has 6 heteroatoms. The summed E-state index contributed by atoms with van der Waals surface area (Å²) in [7, 11) is 0. The van der Waals surface area contributed by atoms with Crippen LogP contribution in [0.25, 0.3) is 0 Å². The number of rotatable bonds is 7. The molecule has 0 saturated heterocycles. The van der Waals surface area contributed by atoms with Gasteiger partial charge in [0.2, 0.25) is 5.91 Å². The van der Waals surface area contributed by atoms with Gasteiger partial charge in [0.15, 0.2) is 0 Å².